The van der Waals surface area contributed by atoms with E-state index in [1.54, 1.807) is 19.4 Å². The normalized spacial score (nSPS) is 8.93. The zero-order valence-electron chi connectivity index (χ0n) is 7.99. The van der Waals surface area contributed by atoms with Crippen LogP contribution in [-0.4, -0.2) is 24.5 Å². The molecule has 0 saturated carbocycles. The van der Waals surface area contributed by atoms with E-state index in [1.165, 1.54) is 0 Å². The number of halogens is 1. The van der Waals surface area contributed by atoms with Crippen LogP contribution >= 0.6 is 12.4 Å². The van der Waals surface area contributed by atoms with Crippen molar-refractivity contribution in [3.8, 4) is 0 Å². The monoisotopic (exact) mass is 215 g/mol. The predicted octanol–water partition coefficient (Wildman–Crippen LogP) is 0.339. The molecule has 0 fully saturated rings. The summed E-state index contributed by atoms with van der Waals surface area (Å²) in [4.78, 5) is 15.0. The summed E-state index contributed by atoms with van der Waals surface area (Å²) < 4.78 is 0. The van der Waals surface area contributed by atoms with Gasteiger partial charge in [0, 0.05) is 18.9 Å². The predicted molar refractivity (Wildman–Crippen MR) is 57.3 cm³/mol. The highest BCUT2D eigenvalue weighted by atomic mass is 35.5. The number of hydrogen-bond donors (Lipinski definition) is 2. The molecule has 1 amide bonds. The van der Waals surface area contributed by atoms with E-state index >= 15 is 0 Å². The highest BCUT2D eigenvalue weighted by Gasteiger charge is 1.97. The number of carbonyl (C=O) groups excluding carboxylic acids is 1. The average molecular weight is 216 g/mol. The van der Waals surface area contributed by atoms with Crippen LogP contribution in [-0.2, 0) is 11.3 Å². The SMILES string of the molecule is CNCC(=O)NCc1cccnc1.Cl. The molecule has 1 aromatic rings. The van der Waals surface area contributed by atoms with Crippen LogP contribution in [0.5, 0.6) is 0 Å². The van der Waals surface area contributed by atoms with Crippen molar-refractivity contribution in [2.45, 2.75) is 6.54 Å². The molecule has 2 N–H and O–H groups in total. The van der Waals surface area contributed by atoms with Crippen LogP contribution in [0, 0.1) is 0 Å². The van der Waals surface area contributed by atoms with Crippen LogP contribution in [0.2, 0.25) is 0 Å². The molecule has 1 heterocycles. The molecular formula is C9H14ClN3O. The van der Waals surface area contributed by atoms with E-state index in [4.69, 9.17) is 0 Å². The van der Waals surface area contributed by atoms with Crippen molar-refractivity contribution in [2.75, 3.05) is 13.6 Å². The van der Waals surface area contributed by atoms with Crippen LogP contribution in [0.15, 0.2) is 24.5 Å². The van der Waals surface area contributed by atoms with Crippen molar-refractivity contribution in [1.82, 2.24) is 15.6 Å². The summed E-state index contributed by atoms with van der Waals surface area (Å²) in [6.07, 6.45) is 3.44. The largest absolute Gasteiger partial charge is 0.351 e. The Morgan fingerprint density at radius 2 is 2.36 bits per heavy atom. The minimum atomic E-state index is -0.00801. The number of amides is 1. The van der Waals surface area contributed by atoms with Crippen molar-refractivity contribution < 1.29 is 4.79 Å². The Morgan fingerprint density at radius 1 is 1.57 bits per heavy atom. The molecule has 0 spiro atoms. The van der Waals surface area contributed by atoms with Gasteiger partial charge in [-0.25, -0.2) is 0 Å². The number of rotatable bonds is 4. The van der Waals surface area contributed by atoms with Gasteiger partial charge in [-0.2, -0.15) is 0 Å². The smallest absolute Gasteiger partial charge is 0.234 e. The second-order valence-electron chi connectivity index (χ2n) is 2.67. The highest BCUT2D eigenvalue weighted by molar-refractivity contribution is 5.85. The van der Waals surface area contributed by atoms with Crippen LogP contribution in [0.4, 0.5) is 0 Å². The lowest BCUT2D eigenvalue weighted by Gasteiger charge is -2.03. The Morgan fingerprint density at radius 3 is 2.93 bits per heavy atom. The molecule has 1 aromatic heterocycles. The van der Waals surface area contributed by atoms with Crippen molar-refractivity contribution in [3.05, 3.63) is 30.1 Å². The quantitative estimate of drug-likeness (QED) is 0.762. The Kier molecular flexibility index (Phi) is 6.70. The fraction of sp³-hybridized carbons (Fsp3) is 0.333. The molecular weight excluding hydrogens is 202 g/mol. The third-order valence-electron chi connectivity index (χ3n) is 1.55. The Hall–Kier alpha value is -1.13. The van der Waals surface area contributed by atoms with E-state index in [0.717, 1.165) is 5.56 Å². The number of nitrogens with one attached hydrogen (secondary N) is 2. The molecule has 5 heteroatoms. The second kappa shape index (κ2) is 7.29. The summed E-state index contributed by atoms with van der Waals surface area (Å²) in [5, 5.41) is 5.53. The molecule has 0 aliphatic carbocycles. The number of nitrogens with zero attached hydrogens (tertiary/aromatic N) is 1. The average Bonchev–Trinajstić information content (AvgIpc) is 2.17. The van der Waals surface area contributed by atoms with Gasteiger partial charge < -0.3 is 10.6 Å². The molecule has 1 rings (SSSR count). The minimum Gasteiger partial charge on any atom is -0.351 e. The maximum atomic E-state index is 11.0. The molecule has 14 heavy (non-hydrogen) atoms. The summed E-state index contributed by atoms with van der Waals surface area (Å²) in [6.45, 7) is 0.884. The summed E-state index contributed by atoms with van der Waals surface area (Å²) in [6, 6.07) is 3.77. The Balaban J connectivity index is 0.00000169. The van der Waals surface area contributed by atoms with E-state index < -0.39 is 0 Å². The topological polar surface area (TPSA) is 54.0 Å². The fourth-order valence-electron chi connectivity index (χ4n) is 0.926. The highest BCUT2D eigenvalue weighted by Crippen LogP contribution is 1.93. The first-order valence-electron chi connectivity index (χ1n) is 4.13. The molecule has 0 saturated heterocycles. The number of likely N-dealkylation sites (N-methyl/N-ethyl adjacent to an activating group) is 1. The first-order chi connectivity index (χ1) is 6.33. The Bertz CT molecular complexity index is 266. The molecule has 78 valence electrons. The van der Waals surface area contributed by atoms with Gasteiger partial charge in [0.1, 0.15) is 0 Å². The van der Waals surface area contributed by atoms with Gasteiger partial charge in [0.05, 0.1) is 6.54 Å². The number of aromatic nitrogens is 1. The van der Waals surface area contributed by atoms with Crippen LogP contribution in [0.1, 0.15) is 5.56 Å². The zero-order valence-corrected chi connectivity index (χ0v) is 8.80. The molecule has 0 aliphatic heterocycles. The Labute approximate surface area is 89.5 Å². The third kappa shape index (κ3) is 4.79. The third-order valence-corrected chi connectivity index (χ3v) is 1.55. The van der Waals surface area contributed by atoms with Gasteiger partial charge in [0.25, 0.3) is 0 Å². The van der Waals surface area contributed by atoms with E-state index in [2.05, 4.69) is 15.6 Å². The zero-order chi connectivity index (χ0) is 9.52. The van der Waals surface area contributed by atoms with Gasteiger partial charge >= 0.3 is 0 Å². The first kappa shape index (κ1) is 12.9. The van der Waals surface area contributed by atoms with E-state index in [0.29, 0.717) is 13.1 Å². The van der Waals surface area contributed by atoms with Gasteiger partial charge in [-0.1, -0.05) is 6.07 Å². The van der Waals surface area contributed by atoms with Crippen molar-refractivity contribution in [3.63, 3.8) is 0 Å². The van der Waals surface area contributed by atoms with Crippen LogP contribution in [0.3, 0.4) is 0 Å². The second-order valence-corrected chi connectivity index (χ2v) is 2.67. The van der Waals surface area contributed by atoms with E-state index in [1.807, 2.05) is 12.1 Å². The van der Waals surface area contributed by atoms with Gasteiger partial charge in [-0.05, 0) is 18.7 Å². The number of carbonyl (C=O) groups is 1. The number of hydrogen-bond acceptors (Lipinski definition) is 3. The molecule has 0 aliphatic rings. The van der Waals surface area contributed by atoms with Gasteiger partial charge in [0.2, 0.25) is 5.91 Å². The van der Waals surface area contributed by atoms with Crippen molar-refractivity contribution >= 4 is 18.3 Å². The molecule has 0 radical (unpaired) electrons. The molecule has 0 atom stereocenters. The molecule has 4 nitrogen and oxygen atoms in total. The summed E-state index contributed by atoms with van der Waals surface area (Å²) in [5.74, 6) is -0.00801. The lowest BCUT2D eigenvalue weighted by atomic mass is 10.3. The summed E-state index contributed by atoms with van der Waals surface area (Å²) in [5.41, 5.74) is 1.01. The number of pyridine rings is 1. The lowest BCUT2D eigenvalue weighted by Crippen LogP contribution is -2.31. The standard InChI is InChI=1S/C9H13N3O.ClH/c1-10-7-9(13)12-6-8-3-2-4-11-5-8;/h2-5,10H,6-7H2,1H3,(H,12,13);1H. The summed E-state index contributed by atoms with van der Waals surface area (Å²) >= 11 is 0. The fourth-order valence-corrected chi connectivity index (χ4v) is 0.926. The van der Waals surface area contributed by atoms with Crippen LogP contribution < -0.4 is 10.6 Å². The van der Waals surface area contributed by atoms with Crippen molar-refractivity contribution in [2.24, 2.45) is 0 Å². The van der Waals surface area contributed by atoms with Crippen molar-refractivity contribution in [1.29, 1.82) is 0 Å². The first-order valence-corrected chi connectivity index (χ1v) is 4.13. The lowest BCUT2D eigenvalue weighted by molar-refractivity contribution is -0.120. The minimum absolute atomic E-state index is 0. The molecule has 0 unspecified atom stereocenters. The van der Waals surface area contributed by atoms with Gasteiger partial charge in [-0.15, -0.1) is 12.4 Å². The van der Waals surface area contributed by atoms with Crippen LogP contribution in [0.25, 0.3) is 0 Å². The van der Waals surface area contributed by atoms with Gasteiger partial charge in [-0.3, -0.25) is 9.78 Å². The van der Waals surface area contributed by atoms with Gasteiger partial charge in [0.15, 0.2) is 0 Å². The maximum Gasteiger partial charge on any atom is 0.234 e. The maximum absolute atomic E-state index is 11.0. The molecule has 0 aromatic carbocycles. The molecule has 0 bridgehead atoms. The van der Waals surface area contributed by atoms with E-state index in [9.17, 15) is 4.79 Å². The summed E-state index contributed by atoms with van der Waals surface area (Å²) in [7, 11) is 1.74. The van der Waals surface area contributed by atoms with E-state index in [-0.39, 0.29) is 18.3 Å².